The summed E-state index contributed by atoms with van der Waals surface area (Å²) in [4.78, 5) is 2.30. The van der Waals surface area contributed by atoms with E-state index in [1.165, 1.54) is 0 Å². The highest BCUT2D eigenvalue weighted by Crippen LogP contribution is 2.39. The molecule has 16 heavy (non-hydrogen) atoms. The minimum atomic E-state index is -0.670. The van der Waals surface area contributed by atoms with Crippen LogP contribution in [0.1, 0.15) is 26.7 Å². The summed E-state index contributed by atoms with van der Waals surface area (Å²) in [7, 11) is 0. The molecule has 0 aromatic rings. The molecular weight excluding hydrogens is 204 g/mol. The molecule has 0 spiro atoms. The van der Waals surface area contributed by atoms with Crippen LogP contribution >= 0.6 is 0 Å². The Morgan fingerprint density at radius 2 is 1.88 bits per heavy atom. The molecule has 0 bridgehead atoms. The Hall–Kier alpha value is -0.160. The number of β-amino-alcohol motifs (C(OH)–C–C–N with tert-alkyl or cyclic N) is 1. The molecule has 0 aromatic heterocycles. The maximum atomic E-state index is 10.5. The molecule has 1 aliphatic carbocycles. The van der Waals surface area contributed by atoms with E-state index >= 15 is 0 Å². The third-order valence-corrected chi connectivity index (χ3v) is 3.68. The van der Waals surface area contributed by atoms with Crippen molar-refractivity contribution in [3.05, 3.63) is 0 Å². The summed E-state index contributed by atoms with van der Waals surface area (Å²) in [6.07, 6.45) is 2.77. The maximum Gasteiger partial charge on any atom is 0.0923 e. The first-order valence-corrected chi connectivity index (χ1v) is 6.34. The summed E-state index contributed by atoms with van der Waals surface area (Å²) in [6.45, 7) is 7.05. The number of nitrogens with two attached hydrogens (primary N) is 1. The molecule has 2 aliphatic rings. The number of rotatable bonds is 4. The lowest BCUT2D eigenvalue weighted by Gasteiger charge is -2.40. The van der Waals surface area contributed by atoms with E-state index in [9.17, 15) is 5.11 Å². The Morgan fingerprint density at radius 1 is 1.31 bits per heavy atom. The van der Waals surface area contributed by atoms with Gasteiger partial charge >= 0.3 is 0 Å². The van der Waals surface area contributed by atoms with E-state index in [0.29, 0.717) is 19.0 Å². The summed E-state index contributed by atoms with van der Waals surface area (Å²) in [5.74, 6) is 0.422. The van der Waals surface area contributed by atoms with Crippen LogP contribution in [-0.4, -0.2) is 54.0 Å². The van der Waals surface area contributed by atoms with Crippen LogP contribution in [0, 0.1) is 5.92 Å². The minimum Gasteiger partial charge on any atom is -0.387 e. The van der Waals surface area contributed by atoms with Crippen LogP contribution in [0.3, 0.4) is 0 Å². The van der Waals surface area contributed by atoms with Gasteiger partial charge in [0.1, 0.15) is 0 Å². The van der Waals surface area contributed by atoms with Crippen LogP contribution in [0.5, 0.6) is 0 Å². The highest BCUT2D eigenvalue weighted by atomic mass is 16.5. The minimum absolute atomic E-state index is 0.255. The lowest BCUT2D eigenvalue weighted by molar-refractivity contribution is -0.0945. The van der Waals surface area contributed by atoms with Crippen molar-refractivity contribution in [2.24, 2.45) is 11.7 Å². The van der Waals surface area contributed by atoms with Crippen molar-refractivity contribution in [1.29, 1.82) is 0 Å². The molecule has 3 N–H and O–H groups in total. The zero-order valence-corrected chi connectivity index (χ0v) is 10.4. The maximum absolute atomic E-state index is 10.5. The number of hydrogen-bond acceptors (Lipinski definition) is 4. The molecule has 2 fully saturated rings. The van der Waals surface area contributed by atoms with E-state index in [4.69, 9.17) is 10.5 Å². The van der Waals surface area contributed by atoms with Crippen LogP contribution in [0.2, 0.25) is 0 Å². The third kappa shape index (κ3) is 2.74. The number of morpholine rings is 1. The molecule has 0 radical (unpaired) electrons. The lowest BCUT2D eigenvalue weighted by Crippen LogP contribution is -2.55. The van der Waals surface area contributed by atoms with Crippen molar-refractivity contribution in [3.63, 3.8) is 0 Å². The predicted molar refractivity (Wildman–Crippen MR) is 63.2 cm³/mol. The van der Waals surface area contributed by atoms with Gasteiger partial charge in [0.25, 0.3) is 0 Å². The van der Waals surface area contributed by atoms with E-state index in [1.54, 1.807) is 0 Å². The van der Waals surface area contributed by atoms with Gasteiger partial charge in [0, 0.05) is 26.2 Å². The van der Waals surface area contributed by atoms with Gasteiger partial charge in [-0.25, -0.2) is 0 Å². The van der Waals surface area contributed by atoms with Gasteiger partial charge < -0.3 is 15.6 Å². The molecule has 2 rings (SSSR count). The zero-order chi connectivity index (χ0) is 11.8. The number of aliphatic hydroxyl groups is 1. The monoisotopic (exact) mass is 228 g/mol. The van der Waals surface area contributed by atoms with Gasteiger partial charge in [0.05, 0.1) is 17.8 Å². The fourth-order valence-electron chi connectivity index (χ4n) is 2.78. The molecule has 1 saturated carbocycles. The first kappa shape index (κ1) is 12.3. The summed E-state index contributed by atoms with van der Waals surface area (Å²) >= 11 is 0. The van der Waals surface area contributed by atoms with E-state index in [0.717, 1.165) is 25.9 Å². The van der Waals surface area contributed by atoms with Crippen molar-refractivity contribution < 1.29 is 9.84 Å². The standard InChI is InChI=1S/C12H24N2O2/c1-9-5-14(6-10(2)16-9)8-12(15,7-13)11-3-4-11/h9-11,15H,3-8,13H2,1-2H3/t9-,10+,12?. The van der Waals surface area contributed by atoms with Gasteiger partial charge in [-0.1, -0.05) is 0 Å². The Labute approximate surface area is 97.7 Å². The van der Waals surface area contributed by atoms with Gasteiger partial charge in [-0.2, -0.15) is 0 Å². The average Bonchev–Trinajstić information content (AvgIpc) is 2.98. The van der Waals surface area contributed by atoms with Crippen molar-refractivity contribution in [1.82, 2.24) is 4.90 Å². The molecule has 4 heteroatoms. The van der Waals surface area contributed by atoms with Gasteiger partial charge in [0.15, 0.2) is 0 Å². The second-order valence-corrected chi connectivity index (χ2v) is 5.53. The second-order valence-electron chi connectivity index (χ2n) is 5.53. The van der Waals surface area contributed by atoms with Gasteiger partial charge in [-0.05, 0) is 32.6 Å². The molecule has 0 amide bonds. The molecule has 3 atom stereocenters. The normalized spacial score (nSPS) is 36.0. The van der Waals surface area contributed by atoms with Crippen LogP contribution in [0.25, 0.3) is 0 Å². The fraction of sp³-hybridized carbons (Fsp3) is 1.00. The number of ether oxygens (including phenoxy) is 1. The summed E-state index contributed by atoms with van der Waals surface area (Å²) in [6, 6.07) is 0. The summed E-state index contributed by atoms with van der Waals surface area (Å²) in [5, 5.41) is 10.5. The average molecular weight is 228 g/mol. The van der Waals surface area contributed by atoms with E-state index in [1.807, 2.05) is 0 Å². The van der Waals surface area contributed by atoms with Crippen LogP contribution in [-0.2, 0) is 4.74 Å². The zero-order valence-electron chi connectivity index (χ0n) is 10.4. The van der Waals surface area contributed by atoms with E-state index in [-0.39, 0.29) is 12.2 Å². The molecule has 94 valence electrons. The molecule has 0 aromatic carbocycles. The van der Waals surface area contributed by atoms with Gasteiger partial charge in [-0.15, -0.1) is 0 Å². The summed E-state index contributed by atoms with van der Waals surface area (Å²) < 4.78 is 5.69. The largest absolute Gasteiger partial charge is 0.387 e. The van der Waals surface area contributed by atoms with Crippen molar-refractivity contribution >= 4 is 0 Å². The SMILES string of the molecule is C[C@@H]1CN(CC(O)(CN)C2CC2)C[C@H](C)O1. The Morgan fingerprint density at radius 3 is 2.31 bits per heavy atom. The van der Waals surface area contributed by atoms with Gasteiger partial charge in [-0.3, -0.25) is 4.90 Å². The van der Waals surface area contributed by atoms with Crippen LogP contribution in [0.15, 0.2) is 0 Å². The van der Waals surface area contributed by atoms with E-state index in [2.05, 4.69) is 18.7 Å². The molecule has 1 saturated heterocycles. The van der Waals surface area contributed by atoms with Crippen molar-refractivity contribution in [2.75, 3.05) is 26.2 Å². The third-order valence-electron chi connectivity index (χ3n) is 3.68. The highest BCUT2D eigenvalue weighted by molar-refractivity contribution is 4.98. The Kier molecular flexibility index (Phi) is 3.54. The van der Waals surface area contributed by atoms with Crippen LogP contribution in [0.4, 0.5) is 0 Å². The number of nitrogens with zero attached hydrogens (tertiary/aromatic N) is 1. The van der Waals surface area contributed by atoms with E-state index < -0.39 is 5.60 Å². The molecule has 1 heterocycles. The smallest absolute Gasteiger partial charge is 0.0923 e. The Bertz CT molecular complexity index is 235. The molecule has 4 nitrogen and oxygen atoms in total. The molecule has 1 unspecified atom stereocenters. The quantitative estimate of drug-likeness (QED) is 0.721. The van der Waals surface area contributed by atoms with Crippen molar-refractivity contribution in [2.45, 2.75) is 44.5 Å². The Balaban J connectivity index is 1.92. The van der Waals surface area contributed by atoms with Crippen LogP contribution < -0.4 is 5.73 Å². The van der Waals surface area contributed by atoms with Gasteiger partial charge in [0.2, 0.25) is 0 Å². The van der Waals surface area contributed by atoms with Crippen molar-refractivity contribution in [3.8, 4) is 0 Å². The number of hydrogen-bond donors (Lipinski definition) is 2. The molecule has 1 aliphatic heterocycles. The summed E-state index contributed by atoms with van der Waals surface area (Å²) in [5.41, 5.74) is 5.06. The molecular formula is C12H24N2O2. The fourth-order valence-corrected chi connectivity index (χ4v) is 2.78. The second kappa shape index (κ2) is 4.61. The highest BCUT2D eigenvalue weighted by Gasteiger charge is 2.44. The lowest BCUT2D eigenvalue weighted by atomic mass is 9.96. The predicted octanol–water partition coefficient (Wildman–Crippen LogP) is 0.195. The first-order valence-electron chi connectivity index (χ1n) is 6.34. The first-order chi connectivity index (χ1) is 7.53. The topological polar surface area (TPSA) is 58.7 Å².